The van der Waals surface area contributed by atoms with Crippen molar-refractivity contribution in [2.24, 2.45) is 5.10 Å². The number of nitrogens with one attached hydrogen (secondary N) is 1. The van der Waals surface area contributed by atoms with Gasteiger partial charge in [-0.15, -0.1) is 0 Å². The zero-order valence-corrected chi connectivity index (χ0v) is 10.1. The molecular formula is C14H13N3O2. The summed E-state index contributed by atoms with van der Waals surface area (Å²) >= 11 is 0. The highest BCUT2D eigenvalue weighted by molar-refractivity contribution is 5.88. The molecule has 0 spiro atoms. The van der Waals surface area contributed by atoms with E-state index >= 15 is 0 Å². The molecule has 0 unspecified atom stereocenters. The highest BCUT2D eigenvalue weighted by Crippen LogP contribution is 2.10. The van der Waals surface area contributed by atoms with E-state index in [0.29, 0.717) is 11.4 Å². The molecule has 0 atom stereocenters. The van der Waals surface area contributed by atoms with Gasteiger partial charge in [-0.3, -0.25) is 5.43 Å². The van der Waals surface area contributed by atoms with Crippen LogP contribution in [0.2, 0.25) is 0 Å². The molecule has 0 saturated carbocycles. The standard InChI is InChI=1S/C14H13N3O2/c15-12-6-4-10(5-7-12)9-16-17-13-3-1-2-11(8-13)14(18)19/h1-9,17H,15H2,(H,18,19)/b16-9+. The van der Waals surface area contributed by atoms with Crippen LogP contribution in [0.5, 0.6) is 0 Å². The van der Waals surface area contributed by atoms with Crippen LogP contribution in [0.4, 0.5) is 11.4 Å². The summed E-state index contributed by atoms with van der Waals surface area (Å²) in [5.41, 5.74) is 10.8. The van der Waals surface area contributed by atoms with Crippen molar-refractivity contribution < 1.29 is 9.90 Å². The largest absolute Gasteiger partial charge is 0.478 e. The van der Waals surface area contributed by atoms with E-state index in [1.165, 1.54) is 12.1 Å². The first-order valence-corrected chi connectivity index (χ1v) is 5.63. The van der Waals surface area contributed by atoms with Crippen LogP contribution < -0.4 is 11.2 Å². The molecule has 0 aliphatic carbocycles. The molecule has 19 heavy (non-hydrogen) atoms. The summed E-state index contributed by atoms with van der Waals surface area (Å²) in [4.78, 5) is 10.8. The minimum Gasteiger partial charge on any atom is -0.478 e. The smallest absolute Gasteiger partial charge is 0.335 e. The lowest BCUT2D eigenvalue weighted by Crippen LogP contribution is -1.97. The number of hydrogen-bond acceptors (Lipinski definition) is 4. The minimum atomic E-state index is -0.967. The first kappa shape index (κ1) is 12.6. The van der Waals surface area contributed by atoms with Gasteiger partial charge in [-0.2, -0.15) is 5.10 Å². The number of nitrogen functional groups attached to an aromatic ring is 1. The molecule has 2 rings (SSSR count). The Labute approximate surface area is 110 Å². The maximum Gasteiger partial charge on any atom is 0.335 e. The average molecular weight is 255 g/mol. The number of hydrogen-bond donors (Lipinski definition) is 3. The van der Waals surface area contributed by atoms with E-state index in [1.54, 1.807) is 30.5 Å². The van der Waals surface area contributed by atoms with Crippen molar-refractivity contribution in [3.63, 3.8) is 0 Å². The number of aromatic carboxylic acids is 1. The first-order valence-electron chi connectivity index (χ1n) is 5.63. The van der Waals surface area contributed by atoms with Gasteiger partial charge in [0.1, 0.15) is 0 Å². The molecule has 4 N–H and O–H groups in total. The first-order chi connectivity index (χ1) is 9.15. The van der Waals surface area contributed by atoms with Crippen molar-refractivity contribution >= 4 is 23.6 Å². The molecule has 0 aliphatic heterocycles. The van der Waals surface area contributed by atoms with Gasteiger partial charge in [-0.05, 0) is 35.9 Å². The Morgan fingerprint density at radius 2 is 1.95 bits per heavy atom. The fourth-order valence-electron chi connectivity index (χ4n) is 1.49. The second kappa shape index (κ2) is 5.68. The fourth-order valence-corrected chi connectivity index (χ4v) is 1.49. The Balaban J connectivity index is 2.04. The van der Waals surface area contributed by atoms with Crippen LogP contribution in [0.3, 0.4) is 0 Å². The van der Waals surface area contributed by atoms with Crippen LogP contribution in [-0.2, 0) is 0 Å². The van der Waals surface area contributed by atoms with Gasteiger partial charge in [0.05, 0.1) is 17.5 Å². The fraction of sp³-hybridized carbons (Fsp3) is 0. The van der Waals surface area contributed by atoms with Crippen molar-refractivity contribution in [1.29, 1.82) is 0 Å². The maximum absolute atomic E-state index is 10.8. The highest BCUT2D eigenvalue weighted by atomic mass is 16.4. The number of nitrogens with two attached hydrogens (primary N) is 1. The van der Waals surface area contributed by atoms with Crippen molar-refractivity contribution in [1.82, 2.24) is 0 Å². The van der Waals surface area contributed by atoms with Gasteiger partial charge in [-0.1, -0.05) is 18.2 Å². The summed E-state index contributed by atoms with van der Waals surface area (Å²) in [5, 5.41) is 12.9. The zero-order valence-electron chi connectivity index (χ0n) is 10.1. The van der Waals surface area contributed by atoms with E-state index in [9.17, 15) is 4.79 Å². The van der Waals surface area contributed by atoms with Gasteiger partial charge in [0.25, 0.3) is 0 Å². The van der Waals surface area contributed by atoms with Gasteiger partial charge < -0.3 is 10.8 Å². The predicted octanol–water partition coefficient (Wildman–Crippen LogP) is 2.41. The average Bonchev–Trinajstić information content (AvgIpc) is 2.41. The molecular weight excluding hydrogens is 242 g/mol. The second-order valence-corrected chi connectivity index (χ2v) is 3.92. The normalized spacial score (nSPS) is 10.5. The topological polar surface area (TPSA) is 87.7 Å². The van der Waals surface area contributed by atoms with Gasteiger partial charge in [-0.25, -0.2) is 4.79 Å². The molecule has 5 heteroatoms. The van der Waals surface area contributed by atoms with Gasteiger partial charge in [0.2, 0.25) is 0 Å². The van der Waals surface area contributed by atoms with Crippen LogP contribution in [0, 0.1) is 0 Å². The number of benzene rings is 2. The summed E-state index contributed by atoms with van der Waals surface area (Å²) < 4.78 is 0. The number of carboxylic acids is 1. The minimum absolute atomic E-state index is 0.215. The lowest BCUT2D eigenvalue weighted by atomic mass is 10.2. The molecule has 0 aromatic heterocycles. The van der Waals surface area contributed by atoms with Gasteiger partial charge >= 0.3 is 5.97 Å². The van der Waals surface area contributed by atoms with Crippen molar-refractivity contribution in [2.45, 2.75) is 0 Å². The van der Waals surface area contributed by atoms with E-state index in [1.807, 2.05) is 12.1 Å². The molecule has 96 valence electrons. The molecule has 0 fully saturated rings. The van der Waals surface area contributed by atoms with Gasteiger partial charge in [0, 0.05) is 5.69 Å². The molecule has 0 aliphatic rings. The van der Waals surface area contributed by atoms with Crippen molar-refractivity contribution in [3.8, 4) is 0 Å². The molecule has 0 radical (unpaired) electrons. The van der Waals surface area contributed by atoms with Crippen molar-refractivity contribution in [3.05, 3.63) is 59.7 Å². The van der Waals surface area contributed by atoms with Crippen LogP contribution in [0.25, 0.3) is 0 Å². The lowest BCUT2D eigenvalue weighted by molar-refractivity contribution is 0.0697. The van der Waals surface area contributed by atoms with E-state index in [4.69, 9.17) is 10.8 Å². The Morgan fingerprint density at radius 1 is 1.21 bits per heavy atom. The summed E-state index contributed by atoms with van der Waals surface area (Å²) in [6.45, 7) is 0. The molecule has 0 saturated heterocycles. The number of carbonyl (C=O) groups is 1. The Bertz CT molecular complexity index is 606. The van der Waals surface area contributed by atoms with Crippen molar-refractivity contribution in [2.75, 3.05) is 11.2 Å². The monoisotopic (exact) mass is 255 g/mol. The van der Waals surface area contributed by atoms with E-state index in [0.717, 1.165) is 5.56 Å². The Morgan fingerprint density at radius 3 is 2.63 bits per heavy atom. The predicted molar refractivity (Wildman–Crippen MR) is 75.5 cm³/mol. The summed E-state index contributed by atoms with van der Waals surface area (Å²) in [7, 11) is 0. The molecule has 0 bridgehead atoms. The molecule has 0 amide bonds. The van der Waals surface area contributed by atoms with Crippen LogP contribution in [0.1, 0.15) is 15.9 Å². The second-order valence-electron chi connectivity index (χ2n) is 3.92. The highest BCUT2D eigenvalue weighted by Gasteiger charge is 2.01. The number of hydrazone groups is 1. The maximum atomic E-state index is 10.8. The number of nitrogens with zero attached hydrogens (tertiary/aromatic N) is 1. The van der Waals surface area contributed by atoms with E-state index in [2.05, 4.69) is 10.5 Å². The molecule has 0 heterocycles. The lowest BCUT2D eigenvalue weighted by Gasteiger charge is -2.01. The summed E-state index contributed by atoms with van der Waals surface area (Å²) in [6, 6.07) is 13.7. The third-order valence-electron chi connectivity index (χ3n) is 2.45. The van der Waals surface area contributed by atoms with E-state index < -0.39 is 5.97 Å². The quantitative estimate of drug-likeness (QED) is 0.444. The van der Waals surface area contributed by atoms with Gasteiger partial charge in [0.15, 0.2) is 0 Å². The van der Waals surface area contributed by atoms with E-state index in [-0.39, 0.29) is 5.56 Å². The van der Waals surface area contributed by atoms with Crippen LogP contribution >= 0.6 is 0 Å². The number of carboxylic acid groups (broad SMARTS) is 1. The number of anilines is 2. The zero-order chi connectivity index (χ0) is 13.7. The van der Waals surface area contributed by atoms with Crippen LogP contribution in [-0.4, -0.2) is 17.3 Å². The third kappa shape index (κ3) is 3.57. The molecule has 5 nitrogen and oxygen atoms in total. The van der Waals surface area contributed by atoms with Crippen LogP contribution in [0.15, 0.2) is 53.6 Å². The Kier molecular flexibility index (Phi) is 3.78. The summed E-state index contributed by atoms with van der Waals surface area (Å²) in [5.74, 6) is -0.967. The summed E-state index contributed by atoms with van der Waals surface area (Å²) in [6.07, 6.45) is 1.63. The number of rotatable bonds is 4. The Hall–Kier alpha value is -2.82. The third-order valence-corrected chi connectivity index (χ3v) is 2.45. The SMILES string of the molecule is Nc1ccc(/C=N/Nc2cccc(C(=O)O)c2)cc1. The molecule has 2 aromatic rings. The molecule has 2 aromatic carbocycles.